The van der Waals surface area contributed by atoms with Crippen LogP contribution in [0.15, 0.2) is 12.1 Å². The van der Waals surface area contributed by atoms with E-state index in [2.05, 4.69) is 0 Å². The van der Waals surface area contributed by atoms with Gasteiger partial charge in [0, 0.05) is 5.56 Å². The predicted octanol–water partition coefficient (Wildman–Crippen LogP) is 1.93. The lowest BCUT2D eigenvalue weighted by Crippen LogP contribution is -2.08. The van der Waals surface area contributed by atoms with Crippen molar-refractivity contribution in [1.29, 1.82) is 5.26 Å². The van der Waals surface area contributed by atoms with Crippen LogP contribution in [0.5, 0.6) is 5.75 Å². The summed E-state index contributed by atoms with van der Waals surface area (Å²) >= 11 is 0. The Bertz CT molecular complexity index is 460. The summed E-state index contributed by atoms with van der Waals surface area (Å²) in [5, 5.41) is 18.6. The first-order valence-electron chi connectivity index (χ1n) is 5.52. The van der Waals surface area contributed by atoms with E-state index in [0.29, 0.717) is 24.2 Å². The molecule has 0 amide bonds. The molecule has 1 aromatic carbocycles. The lowest BCUT2D eigenvalue weighted by atomic mass is 10.00. The largest absolute Gasteiger partial charge is 0.508 e. The van der Waals surface area contributed by atoms with Gasteiger partial charge in [-0.25, -0.2) is 0 Å². The lowest BCUT2D eigenvalue weighted by molar-refractivity contribution is -0.142. The Labute approximate surface area is 100 Å². The minimum absolute atomic E-state index is 0.0262. The molecule has 1 rings (SSSR count). The van der Waals surface area contributed by atoms with E-state index in [1.807, 2.05) is 13.0 Å². The number of rotatable bonds is 4. The third-order valence-corrected chi connectivity index (χ3v) is 2.45. The number of benzene rings is 1. The number of nitrogens with zero attached hydrogens (tertiary/aromatic N) is 1. The Kier molecular flexibility index (Phi) is 4.53. The Morgan fingerprint density at radius 1 is 1.41 bits per heavy atom. The summed E-state index contributed by atoms with van der Waals surface area (Å²) < 4.78 is 4.82. The highest BCUT2D eigenvalue weighted by Gasteiger charge is 2.12. The summed E-state index contributed by atoms with van der Waals surface area (Å²) in [4.78, 5) is 11.3. The molecule has 0 aliphatic carbocycles. The van der Waals surface area contributed by atoms with Crippen molar-refractivity contribution < 1.29 is 14.6 Å². The molecular weight excluding hydrogens is 218 g/mol. The molecule has 1 N–H and O–H groups in total. The maximum Gasteiger partial charge on any atom is 0.310 e. The van der Waals surface area contributed by atoms with Crippen LogP contribution < -0.4 is 0 Å². The third kappa shape index (κ3) is 3.22. The lowest BCUT2D eigenvalue weighted by Gasteiger charge is -2.08. The fraction of sp³-hybridized carbons (Fsp3) is 0.385. The van der Waals surface area contributed by atoms with Crippen molar-refractivity contribution in [3.05, 3.63) is 28.8 Å². The Balaban J connectivity index is 3.01. The van der Waals surface area contributed by atoms with Gasteiger partial charge in [-0.3, -0.25) is 4.79 Å². The number of carbonyl (C=O) groups excluding carboxylic acids is 1. The molecule has 17 heavy (non-hydrogen) atoms. The SMILES string of the molecule is CCOC(=O)Cc1cc(CC)c(C#N)cc1O. The van der Waals surface area contributed by atoms with E-state index in [4.69, 9.17) is 10.00 Å². The molecule has 0 bridgehead atoms. The number of carbonyl (C=O) groups is 1. The number of phenols is 1. The zero-order valence-electron chi connectivity index (χ0n) is 9.99. The van der Waals surface area contributed by atoms with Crippen molar-refractivity contribution in [3.8, 4) is 11.8 Å². The first-order valence-corrected chi connectivity index (χ1v) is 5.52. The second kappa shape index (κ2) is 5.90. The molecule has 0 saturated carbocycles. The number of hydrogen-bond donors (Lipinski definition) is 1. The van der Waals surface area contributed by atoms with E-state index in [0.717, 1.165) is 5.56 Å². The molecule has 0 saturated heterocycles. The van der Waals surface area contributed by atoms with Crippen LogP contribution in [-0.4, -0.2) is 17.7 Å². The number of nitriles is 1. The quantitative estimate of drug-likeness (QED) is 0.807. The van der Waals surface area contributed by atoms with Gasteiger partial charge in [-0.15, -0.1) is 0 Å². The second-order valence-corrected chi connectivity index (χ2v) is 3.59. The van der Waals surface area contributed by atoms with Crippen LogP contribution in [0.2, 0.25) is 0 Å². The van der Waals surface area contributed by atoms with Gasteiger partial charge in [0.25, 0.3) is 0 Å². The van der Waals surface area contributed by atoms with Gasteiger partial charge in [0.2, 0.25) is 0 Å². The van der Waals surface area contributed by atoms with Gasteiger partial charge in [-0.05, 0) is 25.0 Å². The number of aromatic hydroxyl groups is 1. The minimum Gasteiger partial charge on any atom is -0.508 e. The zero-order valence-corrected chi connectivity index (χ0v) is 9.99. The fourth-order valence-electron chi connectivity index (χ4n) is 1.59. The molecule has 0 aromatic heterocycles. The summed E-state index contributed by atoms with van der Waals surface area (Å²) in [7, 11) is 0. The molecule has 0 aliphatic rings. The first-order chi connectivity index (χ1) is 8.12. The highest BCUT2D eigenvalue weighted by Crippen LogP contribution is 2.23. The summed E-state index contributed by atoms with van der Waals surface area (Å²) in [5.41, 5.74) is 1.77. The van der Waals surface area contributed by atoms with Crippen molar-refractivity contribution >= 4 is 5.97 Å². The average molecular weight is 233 g/mol. The van der Waals surface area contributed by atoms with E-state index < -0.39 is 0 Å². The van der Waals surface area contributed by atoms with Crippen LogP contribution in [-0.2, 0) is 22.4 Å². The summed E-state index contributed by atoms with van der Waals surface area (Å²) in [6, 6.07) is 5.10. The molecule has 90 valence electrons. The van der Waals surface area contributed by atoms with Crippen molar-refractivity contribution in [1.82, 2.24) is 0 Å². The van der Waals surface area contributed by atoms with E-state index in [-0.39, 0.29) is 18.1 Å². The first kappa shape index (κ1) is 13.0. The number of phenolic OH excluding ortho intramolecular Hbond substituents is 1. The molecule has 4 nitrogen and oxygen atoms in total. The molecule has 0 spiro atoms. The molecule has 0 atom stereocenters. The van der Waals surface area contributed by atoms with Crippen LogP contribution in [0, 0.1) is 11.3 Å². The van der Waals surface area contributed by atoms with Crippen molar-refractivity contribution in [3.63, 3.8) is 0 Å². The molecule has 4 heteroatoms. The van der Waals surface area contributed by atoms with Crippen molar-refractivity contribution in [2.45, 2.75) is 26.7 Å². The van der Waals surface area contributed by atoms with Crippen molar-refractivity contribution in [2.24, 2.45) is 0 Å². The molecular formula is C13H15NO3. The topological polar surface area (TPSA) is 70.3 Å². The Morgan fingerprint density at radius 2 is 2.12 bits per heavy atom. The van der Waals surface area contributed by atoms with E-state index in [1.165, 1.54) is 6.07 Å². The number of hydrogen-bond acceptors (Lipinski definition) is 4. The van der Waals surface area contributed by atoms with Gasteiger partial charge < -0.3 is 9.84 Å². The van der Waals surface area contributed by atoms with Gasteiger partial charge in [-0.1, -0.05) is 13.0 Å². The van der Waals surface area contributed by atoms with Gasteiger partial charge in [0.15, 0.2) is 0 Å². The predicted molar refractivity (Wildman–Crippen MR) is 62.5 cm³/mol. The maximum absolute atomic E-state index is 11.3. The van der Waals surface area contributed by atoms with E-state index in [1.54, 1.807) is 13.0 Å². The molecule has 0 heterocycles. The highest BCUT2D eigenvalue weighted by atomic mass is 16.5. The van der Waals surface area contributed by atoms with Gasteiger partial charge in [-0.2, -0.15) is 5.26 Å². The highest BCUT2D eigenvalue weighted by molar-refractivity contribution is 5.74. The number of esters is 1. The molecule has 1 aromatic rings. The standard InChI is InChI=1S/C13H15NO3/c1-3-9-5-10(7-13(16)17-4-2)12(15)6-11(9)8-14/h5-6,15H,3-4,7H2,1-2H3. The van der Waals surface area contributed by atoms with Crippen LogP contribution in [0.3, 0.4) is 0 Å². The average Bonchev–Trinajstić information content (AvgIpc) is 2.31. The summed E-state index contributed by atoms with van der Waals surface area (Å²) in [6.07, 6.45) is 0.706. The molecule has 0 unspecified atom stereocenters. The minimum atomic E-state index is -0.380. The second-order valence-electron chi connectivity index (χ2n) is 3.59. The Hall–Kier alpha value is -2.02. The van der Waals surface area contributed by atoms with E-state index in [9.17, 15) is 9.90 Å². The number of ether oxygens (including phenoxy) is 1. The normalized spacial score (nSPS) is 9.71. The van der Waals surface area contributed by atoms with Gasteiger partial charge in [0.05, 0.1) is 24.7 Å². The molecule has 0 fully saturated rings. The third-order valence-electron chi connectivity index (χ3n) is 2.45. The zero-order chi connectivity index (χ0) is 12.8. The van der Waals surface area contributed by atoms with Gasteiger partial charge in [0.1, 0.15) is 5.75 Å². The molecule has 0 radical (unpaired) electrons. The van der Waals surface area contributed by atoms with Crippen molar-refractivity contribution in [2.75, 3.05) is 6.61 Å². The monoisotopic (exact) mass is 233 g/mol. The van der Waals surface area contributed by atoms with Gasteiger partial charge >= 0.3 is 5.97 Å². The van der Waals surface area contributed by atoms with E-state index >= 15 is 0 Å². The van der Waals surface area contributed by atoms with Crippen LogP contribution in [0.1, 0.15) is 30.5 Å². The molecule has 0 aliphatic heterocycles. The Morgan fingerprint density at radius 3 is 2.65 bits per heavy atom. The summed E-state index contributed by atoms with van der Waals surface area (Å²) in [5.74, 6) is -0.415. The van der Waals surface area contributed by atoms with Crippen LogP contribution in [0.25, 0.3) is 0 Å². The smallest absolute Gasteiger partial charge is 0.310 e. The maximum atomic E-state index is 11.3. The number of aryl methyl sites for hydroxylation is 1. The summed E-state index contributed by atoms with van der Waals surface area (Å²) in [6.45, 7) is 3.96. The van der Waals surface area contributed by atoms with Crippen LogP contribution in [0.4, 0.5) is 0 Å². The van der Waals surface area contributed by atoms with Crippen LogP contribution >= 0.6 is 0 Å². The fourth-order valence-corrected chi connectivity index (χ4v) is 1.59.